The molecule has 3 aromatic rings. The molecule has 3 heterocycles. The quantitative estimate of drug-likeness (QED) is 0.188. The van der Waals surface area contributed by atoms with Crippen LogP contribution >= 0.6 is 10.7 Å². The third kappa shape index (κ3) is 11.6. The van der Waals surface area contributed by atoms with Gasteiger partial charge in [-0.05, 0) is 23.3 Å². The molecule has 1 N–H and O–H groups in total. The van der Waals surface area contributed by atoms with E-state index in [9.17, 15) is 43.6 Å². The van der Waals surface area contributed by atoms with Crippen molar-refractivity contribution in [1.82, 2.24) is 15.1 Å². The lowest BCUT2D eigenvalue weighted by atomic mass is 10.00. The smallest absolute Gasteiger partial charge is 0.269 e. The first kappa shape index (κ1) is 38.4. The number of carbonyl (C=O) groups excluding carboxylic acids is 1. The predicted octanol–water partition coefficient (Wildman–Crippen LogP) is 4.79. The highest BCUT2D eigenvalue weighted by Crippen LogP contribution is 2.27. The zero-order chi connectivity index (χ0) is 36.3. The summed E-state index contributed by atoms with van der Waals surface area (Å²) in [5, 5.41) is 34.8. The number of Topliss-reactive ketones (excluding diaryl/α,β-unsaturated/α-hetero) is 1. The number of piperidine rings is 2. The number of halogens is 1. The van der Waals surface area contributed by atoms with Crippen LogP contribution in [0.4, 0.5) is 17.1 Å². The molecule has 18 heteroatoms. The van der Waals surface area contributed by atoms with Crippen molar-refractivity contribution in [3.63, 3.8) is 0 Å². The van der Waals surface area contributed by atoms with Crippen LogP contribution in [0.5, 0.6) is 0 Å². The van der Waals surface area contributed by atoms with Crippen LogP contribution < -0.4 is 5.32 Å². The maximum atomic E-state index is 11.1. The molecule has 0 radical (unpaired) electrons. The molecular weight excluding hydrogens is 696 g/mol. The normalized spacial score (nSPS) is 17.6. The molecule has 0 atom stereocenters. The second kappa shape index (κ2) is 17.5. The van der Waals surface area contributed by atoms with Crippen LogP contribution in [-0.2, 0) is 31.7 Å². The average molecular weight is 733 g/mol. The van der Waals surface area contributed by atoms with E-state index >= 15 is 0 Å². The van der Waals surface area contributed by atoms with E-state index in [2.05, 4.69) is 15.1 Å². The van der Waals surface area contributed by atoms with Crippen molar-refractivity contribution in [2.75, 3.05) is 39.3 Å². The van der Waals surface area contributed by atoms with E-state index < -0.39 is 18.9 Å². The molecule has 3 aromatic carbocycles. The number of non-ortho nitro benzene ring substituents is 3. The Morgan fingerprint density at radius 1 is 0.700 bits per heavy atom. The topological polar surface area (TPSA) is 208 Å². The number of nitrogens with zero attached hydrogens (tertiary/aromatic N) is 5. The number of likely N-dealkylation sites (tertiary alicyclic amines) is 2. The zero-order valence-corrected chi connectivity index (χ0v) is 28.6. The molecule has 0 aliphatic carbocycles. The van der Waals surface area contributed by atoms with Gasteiger partial charge in [0.05, 0.1) is 26.3 Å². The second-order valence-electron chi connectivity index (χ2n) is 11.9. The standard InChI is InChI=1S/C14H19N3O3.C12H14N2O3.C6H4ClNO4S/c18-17(19)13-3-1-12(2-4-13)11-16-8-5-14(6-9-16)15-7-10-20-14;15-12-5-7-13(8-6-12)9-10-1-3-11(4-2-10)14(16)17;7-13(11,12)6-3-1-5(2-4-6)8(9)10/h1-4,15H,5-11H2;1-4H,5-9H2;1-4H. The summed E-state index contributed by atoms with van der Waals surface area (Å²) >= 11 is 0. The highest BCUT2D eigenvalue weighted by molar-refractivity contribution is 8.13. The Bertz CT molecular complexity index is 1730. The number of ketones is 1. The summed E-state index contributed by atoms with van der Waals surface area (Å²) < 4.78 is 27.2. The van der Waals surface area contributed by atoms with Crippen LogP contribution in [0.25, 0.3) is 0 Å². The Balaban J connectivity index is 0.000000173. The van der Waals surface area contributed by atoms with Gasteiger partial charge >= 0.3 is 0 Å². The zero-order valence-electron chi connectivity index (χ0n) is 27.0. The van der Waals surface area contributed by atoms with Gasteiger partial charge in [0.25, 0.3) is 26.1 Å². The van der Waals surface area contributed by atoms with E-state index in [1.807, 2.05) is 12.1 Å². The maximum Gasteiger partial charge on any atom is 0.269 e. The van der Waals surface area contributed by atoms with Crippen LogP contribution in [-0.4, -0.2) is 83.8 Å². The first-order valence-electron chi connectivity index (χ1n) is 15.7. The molecule has 268 valence electrons. The molecule has 1 spiro atoms. The lowest BCUT2D eigenvalue weighted by Crippen LogP contribution is -2.50. The Labute approximate surface area is 292 Å². The van der Waals surface area contributed by atoms with Crippen LogP contribution in [0, 0.1) is 30.3 Å². The molecule has 0 aromatic heterocycles. The van der Waals surface area contributed by atoms with Crippen molar-refractivity contribution < 1.29 is 32.7 Å². The summed E-state index contributed by atoms with van der Waals surface area (Å²) in [5.74, 6) is 0.324. The second-order valence-corrected chi connectivity index (χ2v) is 14.5. The van der Waals surface area contributed by atoms with E-state index in [0.717, 1.165) is 101 Å². The molecule has 3 aliphatic rings. The van der Waals surface area contributed by atoms with Crippen molar-refractivity contribution in [3.8, 4) is 0 Å². The van der Waals surface area contributed by atoms with Crippen LogP contribution in [0.3, 0.4) is 0 Å². The van der Waals surface area contributed by atoms with E-state index in [1.165, 1.54) is 12.1 Å². The van der Waals surface area contributed by atoms with Crippen LogP contribution in [0.1, 0.15) is 36.8 Å². The molecule has 3 fully saturated rings. The number of nitro benzene ring substituents is 3. The van der Waals surface area contributed by atoms with Gasteiger partial charge in [0.15, 0.2) is 0 Å². The molecule has 3 aliphatic heterocycles. The Hall–Kier alpha value is -4.39. The largest absolute Gasteiger partial charge is 0.359 e. The Morgan fingerprint density at radius 3 is 1.46 bits per heavy atom. The number of benzene rings is 3. The number of hydrogen-bond donors (Lipinski definition) is 1. The third-order valence-electron chi connectivity index (χ3n) is 8.44. The summed E-state index contributed by atoms with van der Waals surface area (Å²) in [6.45, 7) is 6.91. The maximum absolute atomic E-state index is 11.1. The fraction of sp³-hybridized carbons (Fsp3) is 0.406. The van der Waals surface area contributed by atoms with Gasteiger partial charge < -0.3 is 4.74 Å². The number of hydrogen-bond acceptors (Lipinski definition) is 13. The molecule has 0 saturated carbocycles. The molecule has 16 nitrogen and oxygen atoms in total. The van der Waals surface area contributed by atoms with Gasteiger partial charge in [-0.3, -0.25) is 50.3 Å². The highest BCUT2D eigenvalue weighted by atomic mass is 35.7. The summed E-state index contributed by atoms with van der Waals surface area (Å²) in [5.41, 5.74) is 2.16. The lowest BCUT2D eigenvalue weighted by Gasteiger charge is -2.38. The first-order valence-corrected chi connectivity index (χ1v) is 18.1. The molecule has 0 unspecified atom stereocenters. The van der Waals surface area contributed by atoms with Gasteiger partial charge in [-0.2, -0.15) is 0 Å². The van der Waals surface area contributed by atoms with E-state index in [1.54, 1.807) is 24.3 Å². The van der Waals surface area contributed by atoms with Crippen molar-refractivity contribution in [2.45, 2.75) is 49.4 Å². The van der Waals surface area contributed by atoms with Crippen LogP contribution in [0.15, 0.2) is 77.7 Å². The summed E-state index contributed by atoms with van der Waals surface area (Å²) in [7, 11) is 1.20. The number of nitrogens with one attached hydrogen (secondary N) is 1. The fourth-order valence-electron chi connectivity index (χ4n) is 5.62. The summed E-state index contributed by atoms with van der Waals surface area (Å²) in [6, 6.07) is 17.7. The first-order chi connectivity index (χ1) is 23.7. The number of carbonyl (C=O) groups is 1. The predicted molar refractivity (Wildman–Crippen MR) is 183 cm³/mol. The molecular formula is C32H37ClN6O10S. The van der Waals surface area contributed by atoms with Gasteiger partial charge in [-0.1, -0.05) is 24.3 Å². The minimum atomic E-state index is -3.80. The van der Waals surface area contributed by atoms with Gasteiger partial charge in [0.1, 0.15) is 11.5 Å². The number of ether oxygens (including phenoxy) is 1. The summed E-state index contributed by atoms with van der Waals surface area (Å²) in [6.07, 6.45) is 3.24. The van der Waals surface area contributed by atoms with E-state index in [4.69, 9.17) is 15.4 Å². The van der Waals surface area contributed by atoms with Crippen molar-refractivity contribution in [1.29, 1.82) is 0 Å². The minimum absolute atomic E-state index is 0.0913. The average Bonchev–Trinajstić information content (AvgIpc) is 3.55. The van der Waals surface area contributed by atoms with Gasteiger partial charge in [-0.15, -0.1) is 0 Å². The Kier molecular flexibility index (Phi) is 13.5. The lowest BCUT2D eigenvalue weighted by molar-refractivity contribution is -0.385. The fourth-order valence-corrected chi connectivity index (χ4v) is 6.39. The SMILES string of the molecule is O=C1CCN(Cc2ccc([N+](=O)[O-])cc2)CC1.O=[N+]([O-])c1ccc(CN2CCC3(CC2)NCCO3)cc1.O=[N+]([O-])c1ccc(S(=O)(=O)Cl)cc1. The van der Waals surface area contributed by atoms with Gasteiger partial charge in [0.2, 0.25) is 0 Å². The Morgan fingerprint density at radius 2 is 1.10 bits per heavy atom. The van der Waals surface area contributed by atoms with Crippen molar-refractivity contribution in [2.24, 2.45) is 0 Å². The molecule has 3 saturated heterocycles. The van der Waals surface area contributed by atoms with E-state index in [0.29, 0.717) is 18.6 Å². The monoisotopic (exact) mass is 732 g/mol. The minimum Gasteiger partial charge on any atom is -0.359 e. The number of rotatable bonds is 8. The molecule has 6 rings (SSSR count). The van der Waals surface area contributed by atoms with Gasteiger partial charge in [0, 0.05) is 119 Å². The molecule has 0 bridgehead atoms. The molecule has 50 heavy (non-hydrogen) atoms. The number of nitro groups is 3. The third-order valence-corrected chi connectivity index (χ3v) is 9.81. The van der Waals surface area contributed by atoms with Crippen LogP contribution in [0.2, 0.25) is 0 Å². The van der Waals surface area contributed by atoms with E-state index in [-0.39, 0.29) is 32.6 Å². The van der Waals surface area contributed by atoms with Crippen molar-refractivity contribution >= 4 is 42.6 Å². The molecule has 0 amide bonds. The van der Waals surface area contributed by atoms with Crippen molar-refractivity contribution in [3.05, 3.63) is 114 Å². The van der Waals surface area contributed by atoms with Gasteiger partial charge in [-0.25, -0.2) is 8.42 Å². The summed E-state index contributed by atoms with van der Waals surface area (Å²) in [4.78, 5) is 45.4. The highest BCUT2D eigenvalue weighted by Gasteiger charge is 2.37.